The van der Waals surface area contributed by atoms with Crippen LogP contribution >= 0.6 is 11.3 Å². The van der Waals surface area contributed by atoms with Crippen LogP contribution in [0, 0.1) is 6.92 Å². The molecule has 0 amide bonds. The Bertz CT molecular complexity index is 1680. The van der Waals surface area contributed by atoms with Gasteiger partial charge < -0.3 is 9.84 Å². The van der Waals surface area contributed by atoms with Crippen molar-refractivity contribution in [2.45, 2.75) is 26.8 Å². The molecule has 176 valence electrons. The van der Waals surface area contributed by atoms with Gasteiger partial charge in [0.1, 0.15) is 5.75 Å². The van der Waals surface area contributed by atoms with Crippen LogP contribution in [-0.4, -0.2) is 22.2 Å². The molecule has 1 N–H and O–H groups in total. The fourth-order valence-electron chi connectivity index (χ4n) is 4.42. The van der Waals surface area contributed by atoms with E-state index in [9.17, 15) is 14.7 Å². The van der Waals surface area contributed by atoms with Crippen molar-refractivity contribution in [2.24, 2.45) is 4.99 Å². The number of aromatic hydroxyl groups is 1. The number of phenolic OH excluding ortho intramolecular Hbond substituents is 1. The van der Waals surface area contributed by atoms with Crippen LogP contribution in [0.2, 0.25) is 0 Å². The summed E-state index contributed by atoms with van der Waals surface area (Å²) in [6.07, 6.45) is 1.71. The monoisotopic (exact) mass is 484 g/mol. The molecular weight excluding hydrogens is 460 g/mol. The number of ether oxygens (including phenoxy) is 1. The Labute approximate surface area is 205 Å². The zero-order valence-corrected chi connectivity index (χ0v) is 20.4. The molecule has 1 atom stereocenters. The largest absolute Gasteiger partial charge is 0.507 e. The first-order chi connectivity index (χ1) is 16.9. The summed E-state index contributed by atoms with van der Waals surface area (Å²) in [6.45, 7) is 5.72. The number of hydrogen-bond acceptors (Lipinski definition) is 6. The SMILES string of the molecule is CCOC(=O)C1=C(C)N=c2s/c(=C\c3c(O)ccc4ccccc34)c(=O)n2[C@H]1c1ccc(C)cc1. The van der Waals surface area contributed by atoms with Crippen LogP contribution in [0.4, 0.5) is 0 Å². The Kier molecular flexibility index (Phi) is 5.86. The van der Waals surface area contributed by atoms with E-state index in [-0.39, 0.29) is 17.9 Å². The molecule has 0 spiro atoms. The number of fused-ring (bicyclic) bond motifs is 2. The predicted octanol–water partition coefficient (Wildman–Crippen LogP) is 3.97. The number of rotatable bonds is 4. The molecule has 0 saturated carbocycles. The maximum Gasteiger partial charge on any atom is 0.338 e. The van der Waals surface area contributed by atoms with E-state index in [4.69, 9.17) is 4.74 Å². The third-order valence-corrected chi connectivity index (χ3v) is 7.12. The van der Waals surface area contributed by atoms with Crippen LogP contribution in [0.25, 0.3) is 16.8 Å². The average Bonchev–Trinajstić information content (AvgIpc) is 3.15. The molecule has 0 fully saturated rings. The first-order valence-corrected chi connectivity index (χ1v) is 12.2. The number of aryl methyl sites for hydroxylation is 1. The lowest BCUT2D eigenvalue weighted by atomic mass is 9.95. The van der Waals surface area contributed by atoms with E-state index in [1.165, 1.54) is 11.3 Å². The van der Waals surface area contributed by atoms with Gasteiger partial charge in [0, 0.05) is 5.56 Å². The lowest BCUT2D eigenvalue weighted by Gasteiger charge is -2.24. The van der Waals surface area contributed by atoms with Gasteiger partial charge in [0.05, 0.1) is 28.5 Å². The van der Waals surface area contributed by atoms with E-state index >= 15 is 0 Å². The van der Waals surface area contributed by atoms with Crippen molar-refractivity contribution in [3.63, 3.8) is 0 Å². The number of carbonyl (C=O) groups is 1. The molecule has 0 saturated heterocycles. The van der Waals surface area contributed by atoms with E-state index in [0.29, 0.717) is 26.2 Å². The molecule has 7 heteroatoms. The summed E-state index contributed by atoms with van der Waals surface area (Å²) in [5.74, 6) is -0.395. The normalized spacial score (nSPS) is 15.7. The Morgan fingerprint density at radius 1 is 1.11 bits per heavy atom. The van der Waals surface area contributed by atoms with Gasteiger partial charge in [-0.05, 0) is 49.2 Å². The number of allylic oxidation sites excluding steroid dienone is 1. The molecule has 0 aliphatic carbocycles. The zero-order chi connectivity index (χ0) is 24.7. The fourth-order valence-corrected chi connectivity index (χ4v) is 5.45. The highest BCUT2D eigenvalue weighted by Gasteiger charge is 2.33. The lowest BCUT2D eigenvalue weighted by molar-refractivity contribution is -0.139. The van der Waals surface area contributed by atoms with Crippen LogP contribution in [0.5, 0.6) is 5.75 Å². The summed E-state index contributed by atoms with van der Waals surface area (Å²) in [4.78, 5) is 31.9. The molecule has 4 aromatic rings. The molecule has 2 heterocycles. The molecule has 0 unspecified atom stereocenters. The molecule has 1 aliphatic rings. The number of esters is 1. The lowest BCUT2D eigenvalue weighted by Crippen LogP contribution is -2.39. The predicted molar refractivity (Wildman–Crippen MR) is 137 cm³/mol. The standard InChI is InChI=1S/C28H24N2O4S/c1-4-34-27(33)24-17(3)29-28-30(25(24)19-11-9-16(2)10-12-19)26(32)23(35-28)15-21-20-8-6-5-7-18(20)13-14-22(21)31/h5-15,25,31H,4H2,1-3H3/b23-15-/t25-/m0/s1. The number of phenols is 1. The summed E-state index contributed by atoms with van der Waals surface area (Å²) >= 11 is 1.24. The molecule has 1 aliphatic heterocycles. The maximum atomic E-state index is 13.8. The van der Waals surface area contributed by atoms with Gasteiger partial charge in [-0.1, -0.05) is 71.5 Å². The number of nitrogens with zero attached hydrogens (tertiary/aromatic N) is 2. The minimum absolute atomic E-state index is 0.0908. The molecule has 1 aromatic heterocycles. The molecule has 6 nitrogen and oxygen atoms in total. The summed E-state index contributed by atoms with van der Waals surface area (Å²) in [7, 11) is 0. The van der Waals surface area contributed by atoms with Crippen molar-refractivity contribution in [1.82, 2.24) is 4.57 Å². The Balaban J connectivity index is 1.77. The maximum absolute atomic E-state index is 13.8. The topological polar surface area (TPSA) is 80.9 Å². The summed E-state index contributed by atoms with van der Waals surface area (Å²) < 4.78 is 7.32. The molecule has 35 heavy (non-hydrogen) atoms. The van der Waals surface area contributed by atoms with Gasteiger partial charge in [-0.15, -0.1) is 0 Å². The van der Waals surface area contributed by atoms with Gasteiger partial charge >= 0.3 is 5.97 Å². The minimum Gasteiger partial charge on any atom is -0.507 e. The second-order valence-electron chi connectivity index (χ2n) is 8.43. The Hall–Kier alpha value is -3.97. The Morgan fingerprint density at radius 3 is 2.60 bits per heavy atom. The number of hydrogen-bond donors (Lipinski definition) is 1. The van der Waals surface area contributed by atoms with Crippen molar-refractivity contribution < 1.29 is 14.6 Å². The van der Waals surface area contributed by atoms with E-state index in [0.717, 1.165) is 21.9 Å². The molecular formula is C28H24N2O4S. The number of aromatic nitrogens is 1. The van der Waals surface area contributed by atoms with Crippen LogP contribution in [-0.2, 0) is 9.53 Å². The van der Waals surface area contributed by atoms with Gasteiger partial charge in [-0.3, -0.25) is 9.36 Å². The van der Waals surface area contributed by atoms with Gasteiger partial charge in [-0.2, -0.15) is 0 Å². The Morgan fingerprint density at radius 2 is 1.86 bits per heavy atom. The van der Waals surface area contributed by atoms with E-state index in [2.05, 4.69) is 4.99 Å². The number of carbonyl (C=O) groups excluding carboxylic acids is 1. The third kappa shape index (κ3) is 3.98. The van der Waals surface area contributed by atoms with E-state index < -0.39 is 12.0 Å². The summed E-state index contributed by atoms with van der Waals surface area (Å²) in [5, 5.41) is 12.4. The van der Waals surface area contributed by atoms with E-state index in [1.54, 1.807) is 30.6 Å². The zero-order valence-electron chi connectivity index (χ0n) is 19.6. The number of thiazole rings is 1. The summed E-state index contributed by atoms with van der Waals surface area (Å²) in [6, 6.07) is 18.3. The van der Waals surface area contributed by atoms with Crippen molar-refractivity contribution in [1.29, 1.82) is 0 Å². The van der Waals surface area contributed by atoms with Crippen LogP contribution in [0.15, 0.2) is 81.7 Å². The van der Waals surface area contributed by atoms with Gasteiger partial charge in [0.25, 0.3) is 5.56 Å². The quantitative estimate of drug-likeness (QED) is 0.445. The minimum atomic E-state index is -0.658. The van der Waals surface area contributed by atoms with Gasteiger partial charge in [0.15, 0.2) is 4.80 Å². The highest BCUT2D eigenvalue weighted by molar-refractivity contribution is 7.07. The van der Waals surface area contributed by atoms with Crippen LogP contribution < -0.4 is 14.9 Å². The average molecular weight is 485 g/mol. The van der Waals surface area contributed by atoms with Crippen molar-refractivity contribution in [2.75, 3.05) is 6.61 Å². The smallest absolute Gasteiger partial charge is 0.338 e. The number of benzene rings is 3. The van der Waals surface area contributed by atoms with Crippen molar-refractivity contribution >= 4 is 34.2 Å². The first-order valence-electron chi connectivity index (χ1n) is 11.4. The molecule has 0 bridgehead atoms. The van der Waals surface area contributed by atoms with Crippen LogP contribution in [0.3, 0.4) is 0 Å². The highest BCUT2D eigenvalue weighted by Crippen LogP contribution is 2.31. The van der Waals surface area contributed by atoms with Crippen LogP contribution in [0.1, 0.15) is 36.6 Å². The molecule has 5 rings (SSSR count). The van der Waals surface area contributed by atoms with Crippen molar-refractivity contribution in [3.05, 3.63) is 108 Å². The first kappa shape index (κ1) is 22.8. The second-order valence-corrected chi connectivity index (χ2v) is 9.44. The third-order valence-electron chi connectivity index (χ3n) is 6.13. The van der Waals surface area contributed by atoms with Crippen molar-refractivity contribution in [3.8, 4) is 5.75 Å². The molecule has 0 radical (unpaired) electrons. The second kappa shape index (κ2) is 9.00. The highest BCUT2D eigenvalue weighted by atomic mass is 32.1. The summed E-state index contributed by atoms with van der Waals surface area (Å²) in [5.41, 5.74) is 3.04. The molecule has 3 aromatic carbocycles. The van der Waals surface area contributed by atoms with Gasteiger partial charge in [0.2, 0.25) is 0 Å². The van der Waals surface area contributed by atoms with Gasteiger partial charge in [-0.25, -0.2) is 9.79 Å². The van der Waals surface area contributed by atoms with E-state index in [1.807, 2.05) is 61.5 Å². The fraction of sp³-hybridized carbons (Fsp3) is 0.179.